The highest BCUT2D eigenvalue weighted by Gasteiger charge is 2.32. The predicted octanol–water partition coefficient (Wildman–Crippen LogP) is 3.49. The minimum atomic E-state index is -0.142. The van der Waals surface area contributed by atoms with E-state index < -0.39 is 0 Å². The Morgan fingerprint density at radius 2 is 1.54 bits per heavy atom. The highest BCUT2D eigenvalue weighted by atomic mass is 32.2. The van der Waals surface area contributed by atoms with Crippen LogP contribution in [0, 0.1) is 0 Å². The van der Waals surface area contributed by atoms with Crippen LogP contribution in [0.2, 0.25) is 0 Å². The summed E-state index contributed by atoms with van der Waals surface area (Å²) in [6, 6.07) is 20.2. The first-order chi connectivity index (χ1) is 12.8. The normalized spacial score (nSPS) is 17.2. The summed E-state index contributed by atoms with van der Waals surface area (Å²) in [6.45, 7) is 1.16. The summed E-state index contributed by atoms with van der Waals surface area (Å²) in [4.78, 5) is 30.1. The first kappa shape index (κ1) is 18.1. The number of hydrogen-bond acceptors (Lipinski definition) is 4. The molecule has 4 nitrogen and oxygen atoms in total. The Balaban J connectivity index is 1.69. The molecule has 3 rings (SSSR count). The van der Waals surface area contributed by atoms with Crippen LogP contribution in [-0.4, -0.2) is 35.4 Å². The number of thioether (sulfide) groups is 1. The number of aldehydes is 1. The lowest BCUT2D eigenvalue weighted by molar-refractivity contribution is -0.122. The zero-order chi connectivity index (χ0) is 18.2. The molecule has 0 unspecified atom stereocenters. The van der Waals surface area contributed by atoms with Gasteiger partial charge >= 0.3 is 0 Å². The van der Waals surface area contributed by atoms with Gasteiger partial charge < -0.3 is 0 Å². The van der Waals surface area contributed by atoms with Crippen molar-refractivity contribution in [3.63, 3.8) is 0 Å². The van der Waals surface area contributed by atoms with E-state index in [9.17, 15) is 9.59 Å². The Bertz CT molecular complexity index is 816. The fourth-order valence-corrected chi connectivity index (χ4v) is 3.67. The van der Waals surface area contributed by atoms with Gasteiger partial charge in [0.15, 0.2) is 5.17 Å². The topological polar surface area (TPSA) is 49.7 Å². The molecule has 1 heterocycles. The van der Waals surface area contributed by atoms with Crippen LogP contribution in [0.3, 0.4) is 0 Å². The number of hydrogen-bond donors (Lipinski definition) is 0. The molecule has 26 heavy (non-hydrogen) atoms. The van der Waals surface area contributed by atoms with E-state index in [0.29, 0.717) is 29.4 Å². The molecule has 0 N–H and O–H groups in total. The summed E-state index contributed by atoms with van der Waals surface area (Å²) in [5.74, 6) is -0.142. The van der Waals surface area contributed by atoms with Gasteiger partial charge in [0.1, 0.15) is 6.29 Å². The number of carbonyl (C=O) groups excluding carboxylic acids is 2. The average Bonchev–Trinajstić information content (AvgIpc) is 2.97. The fourth-order valence-electron chi connectivity index (χ4n) is 2.71. The lowest BCUT2D eigenvalue weighted by atomic mass is 10.1. The van der Waals surface area contributed by atoms with Crippen LogP contribution in [0.25, 0.3) is 0 Å². The number of rotatable bonds is 7. The third kappa shape index (κ3) is 4.70. The van der Waals surface area contributed by atoms with Crippen LogP contribution in [0.1, 0.15) is 11.1 Å². The summed E-state index contributed by atoms with van der Waals surface area (Å²) in [5, 5.41) is 0.676. The number of benzene rings is 2. The Morgan fingerprint density at radius 1 is 0.923 bits per heavy atom. The van der Waals surface area contributed by atoms with Crippen LogP contribution < -0.4 is 0 Å². The highest BCUT2D eigenvalue weighted by Crippen LogP contribution is 2.30. The second kappa shape index (κ2) is 9.15. The van der Waals surface area contributed by atoms with E-state index in [4.69, 9.17) is 0 Å². The van der Waals surface area contributed by atoms with Crippen molar-refractivity contribution in [1.82, 2.24) is 4.90 Å². The molecule has 1 saturated heterocycles. The van der Waals surface area contributed by atoms with Crippen molar-refractivity contribution >= 4 is 29.1 Å². The molecule has 1 fully saturated rings. The Kier molecular flexibility index (Phi) is 6.39. The molecule has 1 aliphatic rings. The monoisotopic (exact) mass is 364 g/mol. The number of nitrogens with zero attached hydrogens (tertiary/aromatic N) is 2. The first-order valence-corrected chi connectivity index (χ1v) is 9.37. The third-order valence-electron chi connectivity index (χ3n) is 4.06. The minimum absolute atomic E-state index is 0.142. The summed E-state index contributed by atoms with van der Waals surface area (Å²) in [7, 11) is 0. The van der Waals surface area contributed by atoms with Crippen LogP contribution in [0.15, 0.2) is 76.6 Å². The van der Waals surface area contributed by atoms with Crippen LogP contribution in [0.5, 0.6) is 0 Å². The van der Waals surface area contributed by atoms with Gasteiger partial charge in [-0.2, -0.15) is 0 Å². The average molecular weight is 364 g/mol. The number of aliphatic imine (C=N–C) groups is 1. The molecule has 2 aromatic carbocycles. The summed E-state index contributed by atoms with van der Waals surface area (Å²) < 4.78 is 0. The quantitative estimate of drug-likeness (QED) is 0.558. The van der Waals surface area contributed by atoms with Crippen LogP contribution in [-0.2, 0) is 22.4 Å². The minimum Gasteiger partial charge on any atom is -0.299 e. The molecule has 0 aliphatic carbocycles. The van der Waals surface area contributed by atoms with Gasteiger partial charge in [0, 0.05) is 13.1 Å². The van der Waals surface area contributed by atoms with Gasteiger partial charge in [-0.05, 0) is 41.8 Å². The van der Waals surface area contributed by atoms with Crippen LogP contribution >= 0.6 is 11.8 Å². The van der Waals surface area contributed by atoms with Gasteiger partial charge in [0.05, 0.1) is 4.91 Å². The van der Waals surface area contributed by atoms with Crippen molar-refractivity contribution in [3.8, 4) is 0 Å². The molecule has 0 spiro atoms. The molecule has 0 radical (unpaired) electrons. The number of amidine groups is 1. The van der Waals surface area contributed by atoms with E-state index in [-0.39, 0.29) is 5.91 Å². The molecule has 2 aromatic rings. The fraction of sp³-hybridized carbons (Fsp3) is 0.190. The van der Waals surface area contributed by atoms with Gasteiger partial charge in [0.25, 0.3) is 5.91 Å². The molecular formula is C21H20N2O2S. The largest absolute Gasteiger partial charge is 0.299 e. The van der Waals surface area contributed by atoms with Crippen molar-refractivity contribution in [2.75, 3.05) is 13.1 Å². The molecule has 132 valence electrons. The first-order valence-electron chi connectivity index (χ1n) is 8.55. The van der Waals surface area contributed by atoms with E-state index in [1.54, 1.807) is 4.90 Å². The number of carbonyl (C=O) groups is 2. The van der Waals surface area contributed by atoms with E-state index in [1.165, 1.54) is 29.0 Å². The van der Waals surface area contributed by atoms with Gasteiger partial charge in [-0.15, -0.1) is 0 Å². The van der Waals surface area contributed by atoms with Crippen molar-refractivity contribution in [2.24, 2.45) is 4.99 Å². The van der Waals surface area contributed by atoms with E-state index >= 15 is 0 Å². The van der Waals surface area contributed by atoms with E-state index in [1.807, 2.05) is 48.5 Å². The van der Waals surface area contributed by atoms with Gasteiger partial charge in [-0.1, -0.05) is 60.7 Å². The number of amides is 1. The maximum absolute atomic E-state index is 12.6. The van der Waals surface area contributed by atoms with Crippen molar-refractivity contribution in [3.05, 3.63) is 82.8 Å². The zero-order valence-electron chi connectivity index (χ0n) is 14.4. The summed E-state index contributed by atoms with van der Waals surface area (Å²) in [5.41, 5.74) is 2.38. The van der Waals surface area contributed by atoms with E-state index in [0.717, 1.165) is 12.8 Å². The molecule has 0 atom stereocenters. The Hall–Kier alpha value is -2.66. The lowest BCUT2D eigenvalue weighted by Crippen LogP contribution is -2.31. The second-order valence-corrected chi connectivity index (χ2v) is 6.87. The Morgan fingerprint density at radius 3 is 2.15 bits per heavy atom. The molecule has 1 amide bonds. The summed E-state index contributed by atoms with van der Waals surface area (Å²) >= 11 is 1.28. The molecular weight excluding hydrogens is 344 g/mol. The molecule has 0 bridgehead atoms. The number of allylic oxidation sites excluding steroid dienone is 1. The zero-order valence-corrected chi connectivity index (χ0v) is 15.2. The van der Waals surface area contributed by atoms with E-state index in [2.05, 4.69) is 17.1 Å². The van der Waals surface area contributed by atoms with Gasteiger partial charge in [-0.25, -0.2) is 0 Å². The maximum Gasteiger partial charge on any atom is 0.266 e. The smallest absolute Gasteiger partial charge is 0.266 e. The molecule has 0 aromatic heterocycles. The standard InChI is InChI=1S/C21H20N2O2S/c24-16-13-19-20(25)23(15-12-18-9-5-2-6-10-18)21(26-19)22-14-11-17-7-3-1-4-8-17/h1-10,13,16H,11-12,14-15H2. The van der Waals surface area contributed by atoms with Crippen molar-refractivity contribution < 1.29 is 9.59 Å². The molecule has 0 saturated carbocycles. The summed E-state index contributed by atoms with van der Waals surface area (Å²) in [6.07, 6.45) is 3.54. The Labute approximate surface area is 157 Å². The van der Waals surface area contributed by atoms with Crippen LogP contribution in [0.4, 0.5) is 0 Å². The van der Waals surface area contributed by atoms with Crippen molar-refractivity contribution in [1.29, 1.82) is 0 Å². The second-order valence-electron chi connectivity index (χ2n) is 5.86. The predicted molar refractivity (Wildman–Crippen MR) is 106 cm³/mol. The van der Waals surface area contributed by atoms with Gasteiger partial charge in [0.2, 0.25) is 0 Å². The maximum atomic E-state index is 12.6. The third-order valence-corrected chi connectivity index (χ3v) is 5.13. The SMILES string of the molecule is O=CC=C1SC(=NCCc2ccccc2)N(CCc2ccccc2)C1=O. The van der Waals surface area contributed by atoms with Gasteiger partial charge in [-0.3, -0.25) is 19.5 Å². The lowest BCUT2D eigenvalue weighted by Gasteiger charge is -2.15. The highest BCUT2D eigenvalue weighted by molar-refractivity contribution is 8.18. The van der Waals surface area contributed by atoms with Crippen molar-refractivity contribution in [2.45, 2.75) is 12.8 Å². The molecule has 1 aliphatic heterocycles. The molecule has 5 heteroatoms.